The second-order valence-corrected chi connectivity index (χ2v) is 8.59. The van der Waals surface area contributed by atoms with E-state index in [4.69, 9.17) is 32.7 Å². The van der Waals surface area contributed by atoms with Gasteiger partial charge in [-0.1, -0.05) is 61.3 Å². The lowest BCUT2D eigenvalue weighted by Crippen LogP contribution is -2.49. The average Bonchev–Trinajstić information content (AvgIpc) is 3.14. The molecule has 28 heavy (non-hydrogen) atoms. The van der Waals surface area contributed by atoms with E-state index in [9.17, 15) is 9.59 Å². The molecule has 2 fully saturated rings. The molecule has 6 heteroatoms. The highest BCUT2D eigenvalue weighted by Crippen LogP contribution is 2.59. The number of hydrogen-bond acceptors (Lipinski definition) is 4. The highest BCUT2D eigenvalue weighted by molar-refractivity contribution is 6.30. The summed E-state index contributed by atoms with van der Waals surface area (Å²) in [6, 6.07) is 14.4. The summed E-state index contributed by atoms with van der Waals surface area (Å²) in [4.78, 5) is 25.1. The van der Waals surface area contributed by atoms with E-state index in [0.717, 1.165) is 11.1 Å². The van der Waals surface area contributed by atoms with Gasteiger partial charge in [0, 0.05) is 34.0 Å². The molecule has 0 radical (unpaired) electrons. The summed E-state index contributed by atoms with van der Waals surface area (Å²) in [5, 5.41) is 1.15. The van der Waals surface area contributed by atoms with Gasteiger partial charge in [-0.2, -0.15) is 0 Å². The normalized spacial score (nSPS) is 32.3. The third kappa shape index (κ3) is 2.82. The first kappa shape index (κ1) is 19.3. The molecular weight excluding hydrogens is 399 g/mol. The minimum Gasteiger partial charge on any atom is -0.449 e. The van der Waals surface area contributed by atoms with Crippen LogP contribution in [0, 0.1) is 11.8 Å². The maximum Gasteiger partial charge on any atom is 0.309 e. The maximum atomic E-state index is 12.6. The molecular formula is C22H20Cl2O4. The van der Waals surface area contributed by atoms with Gasteiger partial charge in [-0.15, -0.1) is 0 Å². The van der Waals surface area contributed by atoms with Crippen molar-refractivity contribution in [3.05, 3.63) is 69.7 Å². The lowest BCUT2D eigenvalue weighted by molar-refractivity contribution is -0.197. The van der Waals surface area contributed by atoms with Crippen molar-refractivity contribution < 1.29 is 19.1 Å². The molecule has 4 nitrogen and oxygen atoms in total. The summed E-state index contributed by atoms with van der Waals surface area (Å²) in [7, 11) is 0. The van der Waals surface area contributed by atoms with Crippen LogP contribution in [0.2, 0.25) is 10.0 Å². The van der Waals surface area contributed by atoms with Crippen LogP contribution < -0.4 is 0 Å². The number of cyclic esters (lactones) is 2. The third-order valence-electron chi connectivity index (χ3n) is 5.82. The molecule has 2 saturated heterocycles. The Labute approximate surface area is 173 Å². The summed E-state index contributed by atoms with van der Waals surface area (Å²) in [5.74, 6) is -1.26. The molecule has 0 N–H and O–H groups in total. The Morgan fingerprint density at radius 2 is 1.04 bits per heavy atom. The number of rotatable bonds is 3. The van der Waals surface area contributed by atoms with Crippen LogP contribution in [0.5, 0.6) is 0 Å². The van der Waals surface area contributed by atoms with Gasteiger partial charge in [-0.3, -0.25) is 9.59 Å². The number of carbonyl (C=O) groups excluding carboxylic acids is 2. The fraction of sp³-hybridized carbons (Fsp3) is 0.364. The molecule has 0 spiro atoms. The number of benzene rings is 2. The van der Waals surface area contributed by atoms with Gasteiger partial charge in [-0.25, -0.2) is 0 Å². The van der Waals surface area contributed by atoms with Crippen molar-refractivity contribution in [3.63, 3.8) is 0 Å². The van der Waals surface area contributed by atoms with Gasteiger partial charge in [0.25, 0.3) is 0 Å². The number of esters is 2. The number of hydrogen-bond donors (Lipinski definition) is 0. The van der Waals surface area contributed by atoms with Crippen LogP contribution in [0.4, 0.5) is 0 Å². The topological polar surface area (TPSA) is 52.6 Å². The van der Waals surface area contributed by atoms with E-state index in [2.05, 4.69) is 0 Å². The van der Waals surface area contributed by atoms with E-state index < -0.39 is 11.2 Å². The smallest absolute Gasteiger partial charge is 0.309 e. The summed E-state index contributed by atoms with van der Waals surface area (Å²) >= 11 is 12.2. The summed E-state index contributed by atoms with van der Waals surface area (Å²) in [5.41, 5.74) is -0.761. The Bertz CT molecular complexity index is 847. The van der Waals surface area contributed by atoms with Crippen molar-refractivity contribution in [3.8, 4) is 0 Å². The maximum absolute atomic E-state index is 12.6. The van der Waals surface area contributed by atoms with Crippen molar-refractivity contribution in [1.29, 1.82) is 0 Å². The van der Waals surface area contributed by atoms with Gasteiger partial charge in [0.05, 0.1) is 11.8 Å². The fourth-order valence-electron chi connectivity index (χ4n) is 4.41. The molecule has 2 aliphatic rings. The zero-order valence-corrected chi connectivity index (χ0v) is 17.1. The van der Waals surface area contributed by atoms with Crippen LogP contribution in [0.15, 0.2) is 48.5 Å². The molecule has 4 unspecified atom stereocenters. The molecule has 146 valence electrons. The first-order valence-corrected chi connectivity index (χ1v) is 10.0. The van der Waals surface area contributed by atoms with Crippen LogP contribution in [0.3, 0.4) is 0 Å². The SMILES string of the molecule is CC1CC(c2ccc(Cl)cc2)(C2(c3ccc(Cl)cc3)CC(C)C(=O)O2)OC1=O. The van der Waals surface area contributed by atoms with Gasteiger partial charge in [0.2, 0.25) is 0 Å². The largest absolute Gasteiger partial charge is 0.449 e. The van der Waals surface area contributed by atoms with E-state index in [-0.39, 0.29) is 23.8 Å². The molecule has 2 aliphatic heterocycles. The number of halogens is 2. The zero-order chi connectivity index (χ0) is 20.1. The van der Waals surface area contributed by atoms with Gasteiger partial charge < -0.3 is 9.47 Å². The van der Waals surface area contributed by atoms with Crippen LogP contribution in [-0.4, -0.2) is 11.9 Å². The van der Waals surface area contributed by atoms with Crippen LogP contribution >= 0.6 is 23.2 Å². The zero-order valence-electron chi connectivity index (χ0n) is 15.6. The van der Waals surface area contributed by atoms with Crippen molar-refractivity contribution in [2.24, 2.45) is 11.8 Å². The van der Waals surface area contributed by atoms with Crippen LogP contribution in [-0.2, 0) is 30.3 Å². The minimum absolute atomic E-state index is 0.307. The molecule has 2 aromatic rings. The average molecular weight is 419 g/mol. The third-order valence-corrected chi connectivity index (χ3v) is 6.32. The van der Waals surface area contributed by atoms with Crippen molar-refractivity contribution in [2.75, 3.05) is 0 Å². The summed E-state index contributed by atoms with van der Waals surface area (Å²) in [6.07, 6.45) is 0.798. The lowest BCUT2D eigenvalue weighted by atomic mass is 9.68. The number of ether oxygens (including phenoxy) is 2. The van der Waals surface area contributed by atoms with Crippen molar-refractivity contribution >= 4 is 35.1 Å². The quantitative estimate of drug-likeness (QED) is 0.638. The van der Waals surface area contributed by atoms with Gasteiger partial charge in [0.1, 0.15) is 0 Å². The second kappa shape index (κ2) is 6.78. The Balaban J connectivity index is 1.97. The lowest BCUT2D eigenvalue weighted by Gasteiger charge is -2.44. The molecule has 2 aromatic carbocycles. The highest BCUT2D eigenvalue weighted by Gasteiger charge is 2.66. The van der Waals surface area contributed by atoms with Crippen LogP contribution in [0.25, 0.3) is 0 Å². The van der Waals surface area contributed by atoms with E-state index in [1.807, 2.05) is 38.1 Å². The van der Waals surface area contributed by atoms with Crippen LogP contribution in [0.1, 0.15) is 37.8 Å². The molecule has 2 heterocycles. The molecule has 0 aliphatic carbocycles. The first-order chi connectivity index (χ1) is 13.3. The van der Waals surface area contributed by atoms with E-state index in [1.165, 1.54) is 0 Å². The Morgan fingerprint density at radius 1 is 0.714 bits per heavy atom. The Kier molecular flexibility index (Phi) is 4.67. The molecule has 4 rings (SSSR count). The fourth-order valence-corrected chi connectivity index (χ4v) is 4.66. The first-order valence-electron chi connectivity index (χ1n) is 9.25. The standard InChI is InChI=1S/C22H20Cl2O4/c1-13-11-21(27-19(13)25,15-3-7-17(23)8-4-15)22(12-14(2)20(26)28-22)16-5-9-18(24)10-6-16/h3-10,13-14H,11-12H2,1-2H3. The predicted molar refractivity (Wildman–Crippen MR) is 106 cm³/mol. The van der Waals surface area contributed by atoms with Crippen molar-refractivity contribution in [1.82, 2.24) is 0 Å². The van der Waals surface area contributed by atoms with Gasteiger partial charge in [-0.05, 0) is 24.3 Å². The van der Waals surface area contributed by atoms with E-state index >= 15 is 0 Å². The van der Waals surface area contributed by atoms with E-state index in [0.29, 0.717) is 22.9 Å². The summed E-state index contributed by atoms with van der Waals surface area (Å²) in [6.45, 7) is 3.66. The molecule has 0 amide bonds. The minimum atomic E-state index is -1.14. The summed E-state index contributed by atoms with van der Waals surface area (Å²) < 4.78 is 12.1. The van der Waals surface area contributed by atoms with E-state index in [1.54, 1.807) is 24.3 Å². The Hall–Kier alpha value is -2.04. The number of carbonyl (C=O) groups is 2. The predicted octanol–water partition coefficient (Wildman–Crippen LogP) is 5.25. The molecule has 0 aromatic heterocycles. The molecule has 4 atom stereocenters. The molecule has 0 saturated carbocycles. The second-order valence-electron chi connectivity index (χ2n) is 7.72. The van der Waals surface area contributed by atoms with Crippen molar-refractivity contribution in [2.45, 2.75) is 37.9 Å². The van der Waals surface area contributed by atoms with Gasteiger partial charge in [0.15, 0.2) is 11.2 Å². The molecule has 0 bridgehead atoms. The monoisotopic (exact) mass is 418 g/mol. The highest BCUT2D eigenvalue weighted by atomic mass is 35.5. The Morgan fingerprint density at radius 3 is 1.29 bits per heavy atom. The van der Waals surface area contributed by atoms with Gasteiger partial charge >= 0.3 is 11.9 Å².